The third-order valence-electron chi connectivity index (χ3n) is 13.1. The monoisotopic (exact) mass is 697 g/mol. The quantitative estimate of drug-likeness (QED) is 0.118. The minimum atomic E-state index is -1.29. The average Bonchev–Trinajstić information content (AvgIpc) is 3.67. The first kappa shape index (κ1) is 35.1. The molecule has 11 heteroatoms. The van der Waals surface area contributed by atoms with E-state index in [-0.39, 0.29) is 42.4 Å². The van der Waals surface area contributed by atoms with Crippen LogP contribution in [0.5, 0.6) is 5.75 Å². The normalized spacial score (nSPS) is 36.0. The fourth-order valence-corrected chi connectivity index (χ4v) is 10.4. The van der Waals surface area contributed by atoms with Gasteiger partial charge >= 0.3 is 5.97 Å². The number of rotatable bonds is 8. The number of amides is 2. The molecule has 5 N–H and O–H groups in total. The number of esters is 1. The summed E-state index contributed by atoms with van der Waals surface area (Å²) in [6.45, 7) is 2.40. The van der Waals surface area contributed by atoms with E-state index in [9.17, 15) is 29.7 Å². The molecule has 51 heavy (non-hydrogen) atoms. The van der Waals surface area contributed by atoms with Gasteiger partial charge in [-0.25, -0.2) is 10.2 Å². The molecular formula is C40H47N3O8. The number of carbonyl (C=O) groups is 3. The highest BCUT2D eigenvalue weighted by atomic mass is 16.5. The Morgan fingerprint density at radius 2 is 1.71 bits per heavy atom. The minimum absolute atomic E-state index is 0.0230. The summed E-state index contributed by atoms with van der Waals surface area (Å²) >= 11 is 0. The molecule has 11 nitrogen and oxygen atoms in total. The van der Waals surface area contributed by atoms with E-state index in [0.29, 0.717) is 61.8 Å². The number of ether oxygens (including phenoxy) is 2. The number of nitrogens with one attached hydrogen (secondary N) is 2. The van der Waals surface area contributed by atoms with Gasteiger partial charge < -0.3 is 30.1 Å². The van der Waals surface area contributed by atoms with Crippen LogP contribution in [0, 0.1) is 28.6 Å². The Labute approximate surface area is 297 Å². The first-order valence-electron chi connectivity index (χ1n) is 18.0. The van der Waals surface area contributed by atoms with Crippen LogP contribution in [0.4, 0.5) is 0 Å². The van der Waals surface area contributed by atoms with E-state index in [1.54, 1.807) is 80.1 Å². The minimum Gasteiger partial charge on any atom is -0.497 e. The Morgan fingerprint density at radius 1 is 0.961 bits per heavy atom. The fourth-order valence-electron chi connectivity index (χ4n) is 10.4. The zero-order chi connectivity index (χ0) is 36.0. The summed E-state index contributed by atoms with van der Waals surface area (Å²) < 4.78 is 10.5. The SMILES string of the molecule is COc1ccc(C=C(NC(=O)c2ccccc2)C(=O)NN=CC23CCC(O)CC2(O)CCC2C3CCC3(C)C(C4=CC(=O)OC4)CCC23O)cc1. The molecule has 8 unspecified atom stereocenters. The maximum Gasteiger partial charge on any atom is 0.331 e. The summed E-state index contributed by atoms with van der Waals surface area (Å²) in [5.41, 5.74) is 0.863. The Bertz CT molecular complexity index is 1780. The van der Waals surface area contributed by atoms with Crippen molar-refractivity contribution in [2.45, 2.75) is 82.0 Å². The topological polar surface area (TPSA) is 167 Å². The Kier molecular flexibility index (Phi) is 9.18. The van der Waals surface area contributed by atoms with Crippen LogP contribution in [0.25, 0.3) is 6.08 Å². The van der Waals surface area contributed by atoms with Gasteiger partial charge in [0.25, 0.3) is 11.8 Å². The molecule has 0 radical (unpaired) electrons. The molecular weight excluding hydrogens is 650 g/mol. The van der Waals surface area contributed by atoms with E-state index in [1.165, 1.54) is 0 Å². The molecule has 0 saturated heterocycles. The number of hydrogen-bond donors (Lipinski definition) is 5. The van der Waals surface area contributed by atoms with E-state index in [4.69, 9.17) is 9.47 Å². The number of methoxy groups -OCH3 is 1. The van der Waals surface area contributed by atoms with E-state index >= 15 is 0 Å². The van der Waals surface area contributed by atoms with Crippen molar-refractivity contribution in [3.8, 4) is 5.75 Å². The van der Waals surface area contributed by atoms with Crippen LogP contribution < -0.4 is 15.5 Å². The number of aliphatic hydroxyl groups excluding tert-OH is 1. The van der Waals surface area contributed by atoms with Gasteiger partial charge in [0.05, 0.1) is 24.4 Å². The highest BCUT2D eigenvalue weighted by molar-refractivity contribution is 6.05. The zero-order valence-electron chi connectivity index (χ0n) is 29.1. The summed E-state index contributed by atoms with van der Waals surface area (Å²) in [5, 5.41) is 43.0. The summed E-state index contributed by atoms with van der Waals surface area (Å²) in [6.07, 6.45) is 8.86. The van der Waals surface area contributed by atoms with Gasteiger partial charge in [-0.15, -0.1) is 0 Å². The smallest absolute Gasteiger partial charge is 0.331 e. The lowest BCUT2D eigenvalue weighted by Gasteiger charge is -2.65. The molecule has 0 spiro atoms. The first-order valence-corrected chi connectivity index (χ1v) is 18.0. The lowest BCUT2D eigenvalue weighted by atomic mass is 9.41. The predicted octanol–water partition coefficient (Wildman–Crippen LogP) is 4.28. The number of nitrogens with zero attached hydrogens (tertiary/aromatic N) is 1. The number of aliphatic hydroxyl groups is 3. The van der Waals surface area contributed by atoms with Crippen LogP contribution in [0.15, 0.2) is 77.0 Å². The first-order chi connectivity index (χ1) is 24.4. The molecule has 0 aromatic heterocycles. The van der Waals surface area contributed by atoms with Gasteiger partial charge in [-0.1, -0.05) is 37.3 Å². The molecule has 4 fully saturated rings. The second kappa shape index (κ2) is 13.3. The molecule has 1 heterocycles. The zero-order valence-corrected chi connectivity index (χ0v) is 29.1. The highest BCUT2D eigenvalue weighted by Gasteiger charge is 2.71. The Morgan fingerprint density at radius 3 is 2.41 bits per heavy atom. The van der Waals surface area contributed by atoms with E-state index < -0.39 is 40.0 Å². The number of carbonyl (C=O) groups excluding carboxylic acids is 3. The molecule has 0 bridgehead atoms. The van der Waals surface area contributed by atoms with Gasteiger partial charge in [0.2, 0.25) is 0 Å². The van der Waals surface area contributed by atoms with Crippen molar-refractivity contribution in [2.24, 2.45) is 33.7 Å². The van der Waals surface area contributed by atoms with Crippen molar-refractivity contribution < 1.29 is 39.2 Å². The van der Waals surface area contributed by atoms with Crippen LogP contribution in [0.1, 0.15) is 80.6 Å². The van der Waals surface area contributed by atoms with Crippen molar-refractivity contribution in [1.82, 2.24) is 10.7 Å². The van der Waals surface area contributed by atoms with Gasteiger partial charge in [-0.05, 0) is 111 Å². The third kappa shape index (κ3) is 5.98. The summed E-state index contributed by atoms with van der Waals surface area (Å²) in [6, 6.07) is 15.6. The summed E-state index contributed by atoms with van der Waals surface area (Å²) in [4.78, 5) is 38.9. The second-order valence-corrected chi connectivity index (χ2v) is 15.4. The molecule has 7 rings (SSSR count). The van der Waals surface area contributed by atoms with Crippen molar-refractivity contribution in [1.29, 1.82) is 0 Å². The maximum absolute atomic E-state index is 13.8. The van der Waals surface area contributed by atoms with Crippen LogP contribution in [0.2, 0.25) is 0 Å². The third-order valence-corrected chi connectivity index (χ3v) is 13.1. The van der Waals surface area contributed by atoms with Crippen LogP contribution >= 0.6 is 0 Å². The molecule has 270 valence electrons. The van der Waals surface area contributed by atoms with E-state index in [1.807, 2.05) is 0 Å². The standard InChI is InChI=1S/C40H47N3O8/c1-37-16-13-31-32(40(37,49)19-15-30(37)27-21-34(45)51-23-27)14-18-39(48)22-28(44)12-17-38(31,39)24-41-43-36(47)33(20-25-8-10-29(50-2)11-9-25)42-35(46)26-6-4-3-5-7-26/h3-11,20-21,24,28,30-32,44,48-49H,12-19,22-23H2,1-2H3,(H,42,46)(H,43,47). The summed E-state index contributed by atoms with van der Waals surface area (Å²) in [7, 11) is 1.56. The maximum atomic E-state index is 13.8. The van der Waals surface area contributed by atoms with Gasteiger partial charge in [-0.2, -0.15) is 5.10 Å². The molecule has 4 aliphatic carbocycles. The number of fused-ring (bicyclic) bond motifs is 5. The number of hydrogen-bond acceptors (Lipinski definition) is 9. The molecule has 4 saturated carbocycles. The molecule has 1 aliphatic heterocycles. The summed E-state index contributed by atoms with van der Waals surface area (Å²) in [5.74, 6) is -1.10. The van der Waals surface area contributed by atoms with Gasteiger partial charge in [-0.3, -0.25) is 9.59 Å². The van der Waals surface area contributed by atoms with E-state index in [2.05, 4.69) is 22.8 Å². The van der Waals surface area contributed by atoms with Gasteiger partial charge in [0, 0.05) is 35.1 Å². The predicted molar refractivity (Wildman–Crippen MR) is 189 cm³/mol. The number of benzene rings is 2. The van der Waals surface area contributed by atoms with Crippen molar-refractivity contribution in [2.75, 3.05) is 13.7 Å². The van der Waals surface area contributed by atoms with Crippen LogP contribution in [-0.4, -0.2) is 70.3 Å². The molecule has 2 amide bonds. The van der Waals surface area contributed by atoms with Crippen LogP contribution in [-0.2, 0) is 14.3 Å². The van der Waals surface area contributed by atoms with Crippen LogP contribution in [0.3, 0.4) is 0 Å². The molecule has 2 aromatic rings. The highest BCUT2D eigenvalue weighted by Crippen LogP contribution is 2.70. The molecule has 2 aromatic carbocycles. The van der Waals surface area contributed by atoms with Crippen molar-refractivity contribution in [3.63, 3.8) is 0 Å². The lowest BCUT2D eigenvalue weighted by Crippen LogP contribution is -2.68. The Hall–Kier alpha value is -4.32. The molecule has 5 aliphatic rings. The number of hydrazone groups is 1. The Balaban J connectivity index is 1.18. The average molecular weight is 698 g/mol. The lowest BCUT2D eigenvalue weighted by molar-refractivity contribution is -0.237. The number of cyclic esters (lactones) is 1. The van der Waals surface area contributed by atoms with Gasteiger partial charge in [0.15, 0.2) is 0 Å². The largest absolute Gasteiger partial charge is 0.497 e. The second-order valence-electron chi connectivity index (χ2n) is 15.4. The fraction of sp³-hybridized carbons (Fsp3) is 0.500. The van der Waals surface area contributed by atoms with Crippen molar-refractivity contribution >= 4 is 30.1 Å². The van der Waals surface area contributed by atoms with E-state index in [0.717, 1.165) is 12.0 Å². The van der Waals surface area contributed by atoms with Crippen molar-refractivity contribution in [3.05, 3.63) is 83.1 Å². The van der Waals surface area contributed by atoms with Gasteiger partial charge in [0.1, 0.15) is 18.1 Å². The molecule has 8 atom stereocenters.